The summed E-state index contributed by atoms with van der Waals surface area (Å²) < 4.78 is 0. The number of urea groups is 1. The molecule has 5 heteroatoms. The molecule has 0 radical (unpaired) electrons. The highest BCUT2D eigenvalue weighted by molar-refractivity contribution is 5.75. The van der Waals surface area contributed by atoms with Gasteiger partial charge in [0.25, 0.3) is 0 Å². The Labute approximate surface area is 151 Å². The van der Waals surface area contributed by atoms with Gasteiger partial charge in [-0.15, -0.1) is 0 Å². The Hall–Kier alpha value is -2.22. The van der Waals surface area contributed by atoms with Crippen molar-refractivity contribution in [2.45, 2.75) is 46.6 Å². The first kappa shape index (κ1) is 19.1. The number of hydrogen-bond acceptors (Lipinski definition) is 3. The van der Waals surface area contributed by atoms with Crippen LogP contribution in [-0.2, 0) is 0 Å². The summed E-state index contributed by atoms with van der Waals surface area (Å²) in [6.07, 6.45) is 0.918. The fraction of sp³-hybridized carbons (Fsp3) is 0.600. The summed E-state index contributed by atoms with van der Waals surface area (Å²) in [7, 11) is 0. The molecule has 1 aliphatic heterocycles. The van der Waals surface area contributed by atoms with Gasteiger partial charge in [-0.1, -0.05) is 32.9 Å². The van der Waals surface area contributed by atoms with E-state index in [0.717, 1.165) is 25.2 Å². The van der Waals surface area contributed by atoms with Crippen LogP contribution in [0.4, 0.5) is 10.5 Å². The van der Waals surface area contributed by atoms with Crippen LogP contribution < -0.4 is 10.2 Å². The van der Waals surface area contributed by atoms with E-state index in [1.165, 1.54) is 0 Å². The second-order valence-electron chi connectivity index (χ2n) is 8.65. The van der Waals surface area contributed by atoms with Gasteiger partial charge in [0.05, 0.1) is 11.3 Å². The molecule has 1 fully saturated rings. The first-order chi connectivity index (χ1) is 11.6. The van der Waals surface area contributed by atoms with E-state index in [1.807, 2.05) is 29.2 Å². The van der Waals surface area contributed by atoms with Gasteiger partial charge in [0, 0.05) is 31.7 Å². The lowest BCUT2D eigenvalue weighted by molar-refractivity contribution is 0.172. The lowest BCUT2D eigenvalue weighted by atomic mass is 9.82. The molecule has 1 aromatic rings. The van der Waals surface area contributed by atoms with E-state index in [0.29, 0.717) is 18.7 Å². The third kappa shape index (κ3) is 5.38. The third-order valence-corrected chi connectivity index (χ3v) is 4.35. The van der Waals surface area contributed by atoms with E-state index in [2.05, 4.69) is 50.9 Å². The number of amides is 2. The van der Waals surface area contributed by atoms with E-state index in [-0.39, 0.29) is 17.0 Å². The predicted molar refractivity (Wildman–Crippen MR) is 102 cm³/mol. The average molecular weight is 342 g/mol. The molecule has 0 aliphatic carbocycles. The molecule has 136 valence electrons. The molecule has 1 heterocycles. The van der Waals surface area contributed by atoms with Crippen LogP contribution in [-0.4, -0.2) is 42.6 Å². The lowest BCUT2D eigenvalue weighted by Crippen LogP contribution is -2.56. The first-order valence-electron chi connectivity index (χ1n) is 8.92. The molecular formula is C20H30N4O. The second kappa shape index (κ2) is 7.35. The minimum absolute atomic E-state index is 0.00229. The van der Waals surface area contributed by atoms with E-state index < -0.39 is 0 Å². The number of rotatable bonds is 3. The van der Waals surface area contributed by atoms with Crippen molar-refractivity contribution in [3.8, 4) is 6.07 Å². The first-order valence-corrected chi connectivity index (χ1v) is 8.92. The van der Waals surface area contributed by atoms with Crippen LogP contribution in [0.2, 0.25) is 0 Å². The number of anilines is 1. The molecule has 25 heavy (non-hydrogen) atoms. The Bertz CT molecular complexity index is 646. The maximum Gasteiger partial charge on any atom is 0.317 e. The third-order valence-electron chi connectivity index (χ3n) is 4.35. The van der Waals surface area contributed by atoms with Crippen LogP contribution in [0.15, 0.2) is 24.3 Å². The number of carbonyl (C=O) groups is 1. The van der Waals surface area contributed by atoms with Gasteiger partial charge in [-0.05, 0) is 37.8 Å². The minimum Gasteiger partial charge on any atom is -0.367 e. The van der Waals surface area contributed by atoms with Gasteiger partial charge in [-0.25, -0.2) is 4.79 Å². The molecule has 0 spiro atoms. The van der Waals surface area contributed by atoms with Crippen molar-refractivity contribution in [1.82, 2.24) is 10.2 Å². The summed E-state index contributed by atoms with van der Waals surface area (Å²) in [6, 6.07) is 9.88. The van der Waals surface area contributed by atoms with E-state index in [4.69, 9.17) is 0 Å². The van der Waals surface area contributed by atoms with Crippen molar-refractivity contribution in [2.75, 3.05) is 31.1 Å². The Morgan fingerprint density at radius 1 is 1.12 bits per heavy atom. The summed E-state index contributed by atoms with van der Waals surface area (Å²) in [5, 5.41) is 12.4. The highest BCUT2D eigenvalue weighted by Crippen LogP contribution is 2.27. The molecule has 0 atom stereocenters. The van der Waals surface area contributed by atoms with Gasteiger partial charge < -0.3 is 15.1 Å². The normalized spacial score (nSPS) is 15.7. The molecule has 0 bridgehead atoms. The molecular weight excluding hydrogens is 312 g/mol. The maximum atomic E-state index is 12.6. The van der Waals surface area contributed by atoms with Gasteiger partial charge in [-0.2, -0.15) is 5.26 Å². The van der Waals surface area contributed by atoms with E-state index in [9.17, 15) is 10.1 Å². The van der Waals surface area contributed by atoms with Crippen molar-refractivity contribution in [3.63, 3.8) is 0 Å². The van der Waals surface area contributed by atoms with Crippen molar-refractivity contribution in [2.24, 2.45) is 5.41 Å². The Balaban J connectivity index is 1.94. The number of nitriles is 1. The fourth-order valence-electron chi connectivity index (χ4n) is 3.73. The summed E-state index contributed by atoms with van der Waals surface area (Å²) in [4.78, 5) is 16.7. The summed E-state index contributed by atoms with van der Waals surface area (Å²) in [6.45, 7) is 13.5. The zero-order valence-electron chi connectivity index (χ0n) is 16.1. The van der Waals surface area contributed by atoms with E-state index in [1.54, 1.807) is 0 Å². The molecule has 1 saturated heterocycles. The molecule has 1 aromatic carbocycles. The summed E-state index contributed by atoms with van der Waals surface area (Å²) in [5.41, 5.74) is 1.57. The van der Waals surface area contributed by atoms with Crippen molar-refractivity contribution in [1.29, 1.82) is 5.26 Å². The van der Waals surface area contributed by atoms with E-state index >= 15 is 0 Å². The molecule has 0 aromatic heterocycles. The summed E-state index contributed by atoms with van der Waals surface area (Å²) >= 11 is 0. The highest BCUT2D eigenvalue weighted by Gasteiger charge is 2.30. The fourth-order valence-corrected chi connectivity index (χ4v) is 3.73. The molecule has 1 N–H and O–H groups in total. The Morgan fingerprint density at radius 2 is 1.72 bits per heavy atom. The monoisotopic (exact) mass is 342 g/mol. The Morgan fingerprint density at radius 3 is 2.28 bits per heavy atom. The lowest BCUT2D eigenvalue weighted by Gasteiger charge is -2.39. The number of hydrogen-bond donors (Lipinski definition) is 1. The second-order valence-corrected chi connectivity index (χ2v) is 8.65. The molecule has 5 nitrogen and oxygen atoms in total. The van der Waals surface area contributed by atoms with Gasteiger partial charge in [0.1, 0.15) is 6.07 Å². The molecule has 2 rings (SSSR count). The van der Waals surface area contributed by atoms with Crippen molar-refractivity contribution in [3.05, 3.63) is 29.8 Å². The van der Waals surface area contributed by atoms with Crippen LogP contribution in [0.3, 0.4) is 0 Å². The highest BCUT2D eigenvalue weighted by atomic mass is 16.2. The standard InChI is InChI=1S/C20H30N4O/c1-19(2,3)15-20(4,5)22-18(25)24-12-10-23(11-13-24)17-9-7-6-8-16(17)14-21/h6-9H,10-13,15H2,1-5H3,(H,22,25). The summed E-state index contributed by atoms with van der Waals surface area (Å²) in [5.74, 6) is 0. The average Bonchev–Trinajstić information content (AvgIpc) is 2.52. The molecule has 2 amide bonds. The van der Waals surface area contributed by atoms with Crippen molar-refractivity contribution < 1.29 is 4.79 Å². The zero-order chi connectivity index (χ0) is 18.7. The minimum atomic E-state index is -0.236. The number of nitrogens with one attached hydrogen (secondary N) is 1. The van der Waals surface area contributed by atoms with Crippen molar-refractivity contribution >= 4 is 11.7 Å². The topological polar surface area (TPSA) is 59.4 Å². The van der Waals surface area contributed by atoms with Gasteiger partial charge in [-0.3, -0.25) is 0 Å². The quantitative estimate of drug-likeness (QED) is 0.913. The van der Waals surface area contributed by atoms with Crippen LogP contribution in [0.25, 0.3) is 0 Å². The molecule has 0 unspecified atom stereocenters. The largest absolute Gasteiger partial charge is 0.367 e. The number of carbonyl (C=O) groups excluding carboxylic acids is 1. The SMILES string of the molecule is CC(C)(C)CC(C)(C)NC(=O)N1CCN(c2ccccc2C#N)CC1. The Kier molecular flexibility index (Phi) is 5.62. The smallest absolute Gasteiger partial charge is 0.317 e. The van der Waals surface area contributed by atoms with Crippen LogP contribution in [0, 0.1) is 16.7 Å². The maximum absolute atomic E-state index is 12.6. The zero-order valence-corrected chi connectivity index (χ0v) is 16.1. The van der Waals surface area contributed by atoms with Crippen LogP contribution in [0.5, 0.6) is 0 Å². The molecule has 0 saturated carbocycles. The number of benzene rings is 1. The van der Waals surface area contributed by atoms with Gasteiger partial charge in [0.15, 0.2) is 0 Å². The predicted octanol–water partition coefficient (Wildman–Crippen LogP) is 3.60. The van der Waals surface area contributed by atoms with Crippen LogP contribution >= 0.6 is 0 Å². The number of piperazine rings is 1. The number of para-hydroxylation sites is 1. The van der Waals surface area contributed by atoms with Gasteiger partial charge >= 0.3 is 6.03 Å². The van der Waals surface area contributed by atoms with Gasteiger partial charge in [0.2, 0.25) is 0 Å². The molecule has 1 aliphatic rings. The number of nitrogens with zero attached hydrogens (tertiary/aromatic N) is 3. The van der Waals surface area contributed by atoms with Crippen LogP contribution in [0.1, 0.15) is 46.6 Å².